The molecule has 1 aliphatic rings. The summed E-state index contributed by atoms with van der Waals surface area (Å²) in [6.07, 6.45) is 1.05. The fraction of sp³-hybridized carbons (Fsp3) is 0.667. The molecule has 1 heterocycles. The molecule has 1 unspecified atom stereocenters. The van der Waals surface area contributed by atoms with Crippen LogP contribution in [0.15, 0.2) is 12.3 Å². The second kappa shape index (κ2) is 1.76. The van der Waals surface area contributed by atoms with Gasteiger partial charge in [0.15, 0.2) is 0 Å². The van der Waals surface area contributed by atoms with Crippen molar-refractivity contribution in [2.75, 3.05) is 6.54 Å². The third-order valence-corrected chi connectivity index (χ3v) is 1.85. The van der Waals surface area contributed by atoms with Crippen LogP contribution in [-0.2, 0) is 0 Å². The highest BCUT2D eigenvalue weighted by Gasteiger charge is 2.26. The summed E-state index contributed by atoms with van der Waals surface area (Å²) in [5, 5.41) is 3.17. The molecule has 1 aliphatic heterocycles. The molecule has 0 bridgehead atoms. The van der Waals surface area contributed by atoms with Gasteiger partial charge in [-0.3, -0.25) is 0 Å². The van der Waals surface area contributed by atoms with Gasteiger partial charge < -0.3 is 5.32 Å². The number of hydrogen-bond acceptors (Lipinski definition) is 1. The zero-order valence-electron chi connectivity index (χ0n) is 5.00. The smallest absolute Gasteiger partial charge is 0.0455 e. The summed E-state index contributed by atoms with van der Waals surface area (Å²) in [4.78, 5) is 0. The first-order valence-corrected chi connectivity index (χ1v) is 3.50. The summed E-state index contributed by atoms with van der Waals surface area (Å²) in [7, 11) is 0. The Hall–Kier alpha value is 0.0200. The van der Waals surface area contributed by atoms with E-state index >= 15 is 0 Å². The van der Waals surface area contributed by atoms with Crippen LogP contribution in [0.4, 0.5) is 0 Å². The van der Waals surface area contributed by atoms with E-state index in [1.54, 1.807) is 0 Å². The lowest BCUT2D eigenvalue weighted by Gasteiger charge is -2.09. The summed E-state index contributed by atoms with van der Waals surface area (Å²) >= 11 is 3.56. The lowest BCUT2D eigenvalue weighted by molar-refractivity contribution is 0.730. The Morgan fingerprint density at radius 3 is 2.62 bits per heavy atom. The van der Waals surface area contributed by atoms with Crippen LogP contribution in [0.3, 0.4) is 0 Å². The van der Waals surface area contributed by atoms with Crippen molar-refractivity contribution in [3.05, 3.63) is 12.3 Å². The van der Waals surface area contributed by atoms with Gasteiger partial charge in [-0.2, -0.15) is 0 Å². The topological polar surface area (TPSA) is 12.0 Å². The van der Waals surface area contributed by atoms with Crippen molar-refractivity contribution in [1.82, 2.24) is 5.32 Å². The predicted octanol–water partition coefficient (Wildman–Crippen LogP) is 1.65. The Labute approximate surface area is 58.3 Å². The van der Waals surface area contributed by atoms with Crippen LogP contribution in [0.1, 0.15) is 13.3 Å². The minimum Gasteiger partial charge on any atom is -0.387 e. The van der Waals surface area contributed by atoms with Gasteiger partial charge in [-0.25, -0.2) is 0 Å². The molecule has 1 atom stereocenters. The summed E-state index contributed by atoms with van der Waals surface area (Å²) in [6, 6.07) is 0. The van der Waals surface area contributed by atoms with Gasteiger partial charge in [0.1, 0.15) is 0 Å². The summed E-state index contributed by atoms with van der Waals surface area (Å²) in [6.45, 7) is 6.98. The van der Waals surface area contributed by atoms with E-state index in [4.69, 9.17) is 0 Å². The van der Waals surface area contributed by atoms with E-state index in [-0.39, 0.29) is 4.32 Å². The molecule has 0 aromatic heterocycles. The molecule has 0 aliphatic carbocycles. The molecule has 0 aromatic rings. The lowest BCUT2D eigenvalue weighted by Crippen LogP contribution is -2.18. The van der Waals surface area contributed by atoms with Crippen LogP contribution in [0.2, 0.25) is 0 Å². The Morgan fingerprint density at radius 1 is 1.88 bits per heavy atom. The van der Waals surface area contributed by atoms with E-state index < -0.39 is 0 Å². The molecular weight excluding hydrogens is 166 g/mol. The Kier molecular flexibility index (Phi) is 1.35. The molecule has 46 valence electrons. The number of allylic oxidation sites excluding steroid dienone is 1. The van der Waals surface area contributed by atoms with Gasteiger partial charge in [-0.1, -0.05) is 22.5 Å². The van der Waals surface area contributed by atoms with Crippen LogP contribution in [0.25, 0.3) is 0 Å². The Bertz CT molecular complexity index is 118. The van der Waals surface area contributed by atoms with Crippen molar-refractivity contribution in [2.45, 2.75) is 17.7 Å². The number of alkyl halides is 1. The summed E-state index contributed by atoms with van der Waals surface area (Å²) in [5.74, 6) is 0. The van der Waals surface area contributed by atoms with Gasteiger partial charge in [0.25, 0.3) is 0 Å². The number of rotatable bonds is 0. The molecule has 1 fully saturated rings. The summed E-state index contributed by atoms with van der Waals surface area (Å²) < 4.78 is 0.268. The SMILES string of the molecule is C=C1CC(C)(Br)CN1. The molecule has 0 saturated carbocycles. The maximum absolute atomic E-state index is 3.81. The Balaban J connectivity index is 2.56. The second-order valence-corrected chi connectivity index (χ2v) is 4.46. The molecule has 2 heteroatoms. The van der Waals surface area contributed by atoms with E-state index in [1.165, 1.54) is 0 Å². The fourth-order valence-corrected chi connectivity index (χ4v) is 1.36. The average molecular weight is 176 g/mol. The standard InChI is InChI=1S/C6H10BrN/c1-5-3-6(2,7)4-8-5/h8H,1,3-4H2,2H3. The molecular formula is C6H10BrN. The van der Waals surface area contributed by atoms with E-state index in [9.17, 15) is 0 Å². The number of nitrogens with one attached hydrogen (secondary N) is 1. The van der Waals surface area contributed by atoms with Crippen LogP contribution in [0, 0.1) is 0 Å². The normalized spacial score (nSPS) is 37.5. The summed E-state index contributed by atoms with van der Waals surface area (Å²) in [5.41, 5.74) is 1.14. The largest absolute Gasteiger partial charge is 0.387 e. The minimum atomic E-state index is 0.268. The molecule has 0 spiro atoms. The van der Waals surface area contributed by atoms with E-state index in [0.29, 0.717) is 0 Å². The quantitative estimate of drug-likeness (QED) is 0.553. The Morgan fingerprint density at radius 2 is 2.50 bits per heavy atom. The molecule has 0 aromatic carbocycles. The van der Waals surface area contributed by atoms with Crippen LogP contribution in [0.5, 0.6) is 0 Å². The zero-order chi connectivity index (χ0) is 6.20. The predicted molar refractivity (Wildman–Crippen MR) is 39.1 cm³/mol. The van der Waals surface area contributed by atoms with E-state index in [0.717, 1.165) is 18.7 Å². The monoisotopic (exact) mass is 175 g/mol. The molecule has 1 nitrogen and oxygen atoms in total. The van der Waals surface area contributed by atoms with Gasteiger partial charge in [0.2, 0.25) is 0 Å². The highest BCUT2D eigenvalue weighted by Crippen LogP contribution is 2.28. The molecule has 1 N–H and O–H groups in total. The third kappa shape index (κ3) is 1.25. The van der Waals surface area contributed by atoms with Crippen molar-refractivity contribution in [1.29, 1.82) is 0 Å². The number of hydrogen-bond donors (Lipinski definition) is 1. The second-order valence-electron chi connectivity index (χ2n) is 2.55. The van der Waals surface area contributed by atoms with E-state index in [2.05, 4.69) is 34.7 Å². The molecule has 0 radical (unpaired) electrons. The van der Waals surface area contributed by atoms with Crippen LogP contribution >= 0.6 is 15.9 Å². The lowest BCUT2D eigenvalue weighted by atomic mass is 10.1. The van der Waals surface area contributed by atoms with Gasteiger partial charge in [0.05, 0.1) is 0 Å². The van der Waals surface area contributed by atoms with Crippen molar-refractivity contribution < 1.29 is 0 Å². The first kappa shape index (κ1) is 6.14. The third-order valence-electron chi connectivity index (χ3n) is 1.29. The molecule has 0 amide bonds. The van der Waals surface area contributed by atoms with Crippen molar-refractivity contribution in [3.63, 3.8) is 0 Å². The van der Waals surface area contributed by atoms with Gasteiger partial charge in [0, 0.05) is 23.0 Å². The van der Waals surface area contributed by atoms with Crippen molar-refractivity contribution >= 4 is 15.9 Å². The van der Waals surface area contributed by atoms with Crippen LogP contribution < -0.4 is 5.32 Å². The van der Waals surface area contributed by atoms with Crippen molar-refractivity contribution in [2.24, 2.45) is 0 Å². The van der Waals surface area contributed by atoms with E-state index in [1.807, 2.05) is 0 Å². The van der Waals surface area contributed by atoms with Gasteiger partial charge in [-0.15, -0.1) is 0 Å². The first-order chi connectivity index (χ1) is 3.60. The fourth-order valence-electron chi connectivity index (χ4n) is 0.879. The molecule has 1 rings (SSSR count). The maximum atomic E-state index is 3.81. The number of halogens is 1. The van der Waals surface area contributed by atoms with Gasteiger partial charge >= 0.3 is 0 Å². The highest BCUT2D eigenvalue weighted by atomic mass is 79.9. The van der Waals surface area contributed by atoms with Crippen LogP contribution in [-0.4, -0.2) is 10.9 Å². The molecule has 1 saturated heterocycles. The first-order valence-electron chi connectivity index (χ1n) is 2.71. The maximum Gasteiger partial charge on any atom is 0.0455 e. The molecule has 8 heavy (non-hydrogen) atoms. The van der Waals surface area contributed by atoms with Gasteiger partial charge in [-0.05, 0) is 6.92 Å². The average Bonchev–Trinajstić information content (AvgIpc) is 1.82. The zero-order valence-corrected chi connectivity index (χ0v) is 6.59. The minimum absolute atomic E-state index is 0.268. The van der Waals surface area contributed by atoms with Crippen molar-refractivity contribution in [3.8, 4) is 0 Å². The highest BCUT2D eigenvalue weighted by molar-refractivity contribution is 9.10.